The molecule has 2 fully saturated rings. The molecule has 3 amide bonds. The fourth-order valence-electron chi connectivity index (χ4n) is 2.46. The molecule has 1 atom stereocenters. The Morgan fingerprint density at radius 1 is 1.27 bits per heavy atom. The quantitative estimate of drug-likeness (QED) is 0.777. The molecule has 3 N–H and O–H groups in total. The average Bonchev–Trinajstić information content (AvgIpc) is 3.33. The molecule has 0 aliphatic heterocycles. The first-order valence-corrected chi connectivity index (χ1v) is 8.57. The smallest absolute Gasteiger partial charge is 0.318 e. The Morgan fingerprint density at radius 3 is 2.45 bits per heavy atom. The van der Waals surface area contributed by atoms with Crippen LogP contribution in [-0.4, -0.2) is 32.0 Å². The molecule has 1 aromatic heterocycles. The molecular weight excluding hydrogens is 302 g/mol. The fraction of sp³-hybridized carbons (Fsp3) is 0.714. The molecular formula is C14H21N5O2S. The maximum absolute atomic E-state index is 12.2. The predicted octanol–water partition coefficient (Wildman–Crippen LogP) is 1.80. The van der Waals surface area contributed by atoms with E-state index in [4.69, 9.17) is 5.73 Å². The van der Waals surface area contributed by atoms with E-state index in [9.17, 15) is 9.59 Å². The number of nitrogens with zero attached hydrogens (tertiary/aromatic N) is 3. The summed E-state index contributed by atoms with van der Waals surface area (Å²) in [4.78, 5) is 23.1. The largest absolute Gasteiger partial charge is 0.351 e. The van der Waals surface area contributed by atoms with E-state index in [2.05, 4.69) is 20.1 Å². The lowest BCUT2D eigenvalue weighted by atomic mass is 10.1. The number of hydrogen-bond donors (Lipinski definition) is 2. The van der Waals surface area contributed by atoms with Crippen LogP contribution >= 0.6 is 11.8 Å². The van der Waals surface area contributed by atoms with Crippen molar-refractivity contribution in [3.63, 3.8) is 0 Å². The fourth-order valence-corrected chi connectivity index (χ4v) is 3.57. The van der Waals surface area contributed by atoms with Crippen LogP contribution in [0.1, 0.15) is 57.3 Å². The summed E-state index contributed by atoms with van der Waals surface area (Å²) in [6, 6.07) is -0.348. The van der Waals surface area contributed by atoms with Gasteiger partial charge in [0.25, 0.3) is 0 Å². The molecule has 8 heteroatoms. The zero-order valence-electron chi connectivity index (χ0n) is 12.8. The van der Waals surface area contributed by atoms with Gasteiger partial charge in [0.1, 0.15) is 5.82 Å². The molecule has 1 aromatic rings. The van der Waals surface area contributed by atoms with Gasteiger partial charge < -0.3 is 10.3 Å². The van der Waals surface area contributed by atoms with Gasteiger partial charge in [-0.3, -0.25) is 10.1 Å². The number of nitrogens with one attached hydrogen (secondary N) is 1. The van der Waals surface area contributed by atoms with Crippen LogP contribution in [-0.2, 0) is 4.79 Å². The van der Waals surface area contributed by atoms with Crippen LogP contribution in [0, 0.1) is 5.92 Å². The molecule has 3 rings (SSSR count). The van der Waals surface area contributed by atoms with Gasteiger partial charge in [0.2, 0.25) is 5.91 Å². The van der Waals surface area contributed by atoms with Gasteiger partial charge in [0.05, 0.1) is 5.25 Å². The molecule has 2 aliphatic rings. The molecule has 1 heterocycles. The lowest BCUT2D eigenvalue weighted by Gasteiger charge is -2.19. The topological polar surface area (TPSA) is 103 Å². The van der Waals surface area contributed by atoms with Crippen LogP contribution in [0.5, 0.6) is 0 Å². The summed E-state index contributed by atoms with van der Waals surface area (Å²) in [6.07, 6.45) is 4.63. The Kier molecular flexibility index (Phi) is 4.12. The summed E-state index contributed by atoms with van der Waals surface area (Å²) < 4.78 is 2.20. The summed E-state index contributed by atoms with van der Waals surface area (Å²) in [7, 11) is 0. The third kappa shape index (κ3) is 3.26. The van der Waals surface area contributed by atoms with Crippen LogP contribution in [0.15, 0.2) is 5.16 Å². The number of carbonyl (C=O) groups excluding carboxylic acids is 2. The predicted molar refractivity (Wildman–Crippen MR) is 82.5 cm³/mol. The number of imide groups is 1. The first-order valence-electron chi connectivity index (χ1n) is 7.69. The van der Waals surface area contributed by atoms with Crippen molar-refractivity contribution in [3.8, 4) is 0 Å². The molecule has 1 unspecified atom stereocenters. The van der Waals surface area contributed by atoms with Gasteiger partial charge in [0, 0.05) is 12.0 Å². The van der Waals surface area contributed by atoms with Crippen molar-refractivity contribution in [2.24, 2.45) is 11.7 Å². The van der Waals surface area contributed by atoms with Gasteiger partial charge in [-0.2, -0.15) is 0 Å². The van der Waals surface area contributed by atoms with E-state index in [1.54, 1.807) is 0 Å². The Labute approximate surface area is 133 Å². The maximum atomic E-state index is 12.2. The molecule has 7 nitrogen and oxygen atoms in total. The number of aromatic nitrogens is 3. The number of hydrogen-bond acceptors (Lipinski definition) is 5. The lowest BCUT2D eigenvalue weighted by Crippen LogP contribution is -2.42. The number of rotatable bonds is 6. The van der Waals surface area contributed by atoms with Crippen molar-refractivity contribution >= 4 is 23.7 Å². The molecule has 120 valence electrons. The molecule has 0 aromatic carbocycles. The van der Waals surface area contributed by atoms with E-state index in [0.29, 0.717) is 12.0 Å². The number of amides is 3. The molecule has 0 spiro atoms. The van der Waals surface area contributed by atoms with Crippen LogP contribution in [0.3, 0.4) is 0 Å². The third-order valence-corrected chi connectivity index (χ3v) is 5.39. The summed E-state index contributed by atoms with van der Waals surface area (Å²) >= 11 is 1.38. The van der Waals surface area contributed by atoms with Crippen molar-refractivity contribution in [2.75, 3.05) is 0 Å². The van der Waals surface area contributed by atoms with E-state index in [0.717, 1.165) is 23.8 Å². The van der Waals surface area contributed by atoms with Gasteiger partial charge in [-0.1, -0.05) is 25.6 Å². The SMILES string of the molecule is CC(C)C(Sc1nnc(C2CC2)n1C1CC1)C(=O)NC(N)=O. The average molecular weight is 323 g/mol. The standard InChI is InChI=1S/C14H21N5O2S/c1-7(2)10(12(20)16-13(15)21)22-14-18-17-11(8-3-4-8)19(14)9-5-6-9/h7-10H,3-6H2,1-2H3,(H3,15,16,20,21). The van der Waals surface area contributed by atoms with Crippen molar-refractivity contribution in [1.29, 1.82) is 0 Å². The maximum Gasteiger partial charge on any atom is 0.318 e. The van der Waals surface area contributed by atoms with Crippen molar-refractivity contribution in [3.05, 3.63) is 5.82 Å². The highest BCUT2D eigenvalue weighted by Gasteiger charge is 2.37. The number of nitrogens with two attached hydrogens (primary N) is 1. The van der Waals surface area contributed by atoms with E-state index < -0.39 is 11.3 Å². The van der Waals surface area contributed by atoms with Crippen LogP contribution in [0.2, 0.25) is 0 Å². The second kappa shape index (κ2) is 5.91. The molecule has 0 saturated heterocycles. The molecule has 2 saturated carbocycles. The Hall–Kier alpha value is -1.57. The first-order chi connectivity index (χ1) is 10.5. The van der Waals surface area contributed by atoms with Gasteiger partial charge in [-0.05, 0) is 31.6 Å². The monoisotopic (exact) mass is 323 g/mol. The van der Waals surface area contributed by atoms with Gasteiger partial charge in [-0.25, -0.2) is 4.79 Å². The first kappa shape index (κ1) is 15.3. The summed E-state index contributed by atoms with van der Waals surface area (Å²) in [5, 5.41) is 11.2. The highest BCUT2D eigenvalue weighted by molar-refractivity contribution is 8.00. The zero-order valence-corrected chi connectivity index (χ0v) is 13.6. The van der Waals surface area contributed by atoms with Crippen molar-refractivity contribution in [2.45, 2.75) is 61.9 Å². The second-order valence-corrected chi connectivity index (χ2v) is 7.46. The van der Waals surface area contributed by atoms with Crippen LogP contribution in [0.25, 0.3) is 0 Å². The molecule has 2 aliphatic carbocycles. The van der Waals surface area contributed by atoms with E-state index in [1.165, 1.54) is 24.6 Å². The number of primary amides is 1. The van der Waals surface area contributed by atoms with Crippen molar-refractivity contribution in [1.82, 2.24) is 20.1 Å². The van der Waals surface area contributed by atoms with Crippen molar-refractivity contribution < 1.29 is 9.59 Å². The van der Waals surface area contributed by atoms with Crippen LogP contribution < -0.4 is 11.1 Å². The second-order valence-electron chi connectivity index (χ2n) is 6.35. The number of carbonyl (C=O) groups is 2. The molecule has 0 radical (unpaired) electrons. The van der Waals surface area contributed by atoms with E-state index in [-0.39, 0.29) is 11.8 Å². The highest BCUT2D eigenvalue weighted by atomic mass is 32.2. The lowest BCUT2D eigenvalue weighted by molar-refractivity contribution is -0.120. The summed E-state index contributed by atoms with van der Waals surface area (Å²) in [6.45, 7) is 3.88. The van der Waals surface area contributed by atoms with Gasteiger partial charge in [-0.15, -0.1) is 10.2 Å². The summed E-state index contributed by atoms with van der Waals surface area (Å²) in [5.41, 5.74) is 5.05. The van der Waals surface area contributed by atoms with E-state index in [1.807, 2.05) is 13.8 Å². The Morgan fingerprint density at radius 2 is 1.95 bits per heavy atom. The number of thioether (sulfide) groups is 1. The third-order valence-electron chi connectivity index (χ3n) is 3.89. The van der Waals surface area contributed by atoms with Crippen LogP contribution in [0.4, 0.5) is 4.79 Å². The minimum atomic E-state index is -0.821. The van der Waals surface area contributed by atoms with E-state index >= 15 is 0 Å². The molecule has 0 bridgehead atoms. The van der Waals surface area contributed by atoms with Gasteiger partial charge >= 0.3 is 6.03 Å². The Bertz CT molecular complexity index is 592. The Balaban J connectivity index is 1.80. The normalized spacial score (nSPS) is 19.2. The summed E-state index contributed by atoms with van der Waals surface area (Å²) in [5.74, 6) is 1.27. The van der Waals surface area contributed by atoms with Gasteiger partial charge in [0.15, 0.2) is 5.16 Å². The number of urea groups is 1. The molecule has 22 heavy (non-hydrogen) atoms. The minimum absolute atomic E-state index is 0.0538. The minimum Gasteiger partial charge on any atom is -0.351 e. The highest BCUT2D eigenvalue weighted by Crippen LogP contribution is 2.46. The zero-order chi connectivity index (χ0) is 15.9.